The third kappa shape index (κ3) is 4.46. The van der Waals surface area contributed by atoms with Gasteiger partial charge in [0.05, 0.1) is 4.92 Å². The summed E-state index contributed by atoms with van der Waals surface area (Å²) in [6, 6.07) is 11.2. The summed E-state index contributed by atoms with van der Waals surface area (Å²) in [5, 5.41) is 17.5. The van der Waals surface area contributed by atoms with E-state index < -0.39 is 10.8 Å². The van der Waals surface area contributed by atoms with Crippen molar-refractivity contribution < 1.29 is 18.8 Å². The van der Waals surface area contributed by atoms with Crippen molar-refractivity contribution in [3.63, 3.8) is 0 Å². The fraction of sp³-hybridized carbons (Fsp3) is 0.111. The Morgan fingerprint density at radius 1 is 1.26 bits per heavy atom. The molecule has 0 fully saturated rings. The molecular formula is C18H15FN4O4. The maximum Gasteiger partial charge on any atom is 0.276 e. The van der Waals surface area contributed by atoms with Crippen LogP contribution < -0.4 is 10.1 Å². The van der Waals surface area contributed by atoms with Gasteiger partial charge in [0.15, 0.2) is 12.4 Å². The Kier molecular flexibility index (Phi) is 5.11. The van der Waals surface area contributed by atoms with Gasteiger partial charge in [0.25, 0.3) is 11.6 Å². The second kappa shape index (κ2) is 7.65. The highest BCUT2D eigenvalue weighted by Gasteiger charge is 2.13. The third-order valence-corrected chi connectivity index (χ3v) is 3.72. The van der Waals surface area contributed by atoms with Crippen molar-refractivity contribution in [3.05, 3.63) is 81.9 Å². The van der Waals surface area contributed by atoms with Gasteiger partial charge >= 0.3 is 0 Å². The summed E-state index contributed by atoms with van der Waals surface area (Å²) in [5.41, 5.74) is 1.14. The van der Waals surface area contributed by atoms with E-state index in [1.807, 2.05) is 0 Å². The molecule has 0 unspecified atom stereocenters. The van der Waals surface area contributed by atoms with Gasteiger partial charge in [-0.1, -0.05) is 0 Å². The predicted molar refractivity (Wildman–Crippen MR) is 95.0 cm³/mol. The summed E-state index contributed by atoms with van der Waals surface area (Å²) < 4.78 is 19.7. The summed E-state index contributed by atoms with van der Waals surface area (Å²) in [6.45, 7) is 1.72. The first-order valence-corrected chi connectivity index (χ1v) is 7.90. The largest absolute Gasteiger partial charge is 0.471 e. The number of nitro benzene ring substituents is 1. The molecule has 8 nitrogen and oxygen atoms in total. The number of ether oxygens (including phenoxy) is 1. The fourth-order valence-electron chi connectivity index (χ4n) is 2.31. The van der Waals surface area contributed by atoms with Gasteiger partial charge in [-0.3, -0.25) is 14.9 Å². The van der Waals surface area contributed by atoms with Crippen molar-refractivity contribution in [1.29, 1.82) is 0 Å². The molecule has 1 N–H and O–H groups in total. The zero-order valence-corrected chi connectivity index (χ0v) is 14.3. The molecule has 0 atom stereocenters. The van der Waals surface area contributed by atoms with E-state index in [0.29, 0.717) is 17.0 Å². The molecule has 1 amide bonds. The number of amides is 1. The normalized spacial score (nSPS) is 10.4. The molecule has 0 saturated carbocycles. The molecule has 0 radical (unpaired) electrons. The summed E-state index contributed by atoms with van der Waals surface area (Å²) in [5.74, 6) is -0.339. The van der Waals surface area contributed by atoms with Crippen molar-refractivity contribution in [3.8, 4) is 5.75 Å². The lowest BCUT2D eigenvalue weighted by atomic mass is 10.1. The highest BCUT2D eigenvalue weighted by atomic mass is 19.1. The Morgan fingerprint density at radius 3 is 2.67 bits per heavy atom. The molecule has 2 aromatic carbocycles. The smallest absolute Gasteiger partial charge is 0.276 e. The number of nitro groups is 1. The van der Waals surface area contributed by atoms with Crippen LogP contribution in [-0.2, 0) is 6.73 Å². The Balaban J connectivity index is 1.63. The third-order valence-electron chi connectivity index (χ3n) is 3.72. The van der Waals surface area contributed by atoms with Crippen LogP contribution in [0.1, 0.15) is 16.1 Å². The number of nitrogens with zero attached hydrogens (tertiary/aromatic N) is 3. The van der Waals surface area contributed by atoms with Crippen molar-refractivity contribution in [2.75, 3.05) is 5.32 Å². The molecule has 3 aromatic rings. The minimum Gasteiger partial charge on any atom is -0.471 e. The van der Waals surface area contributed by atoms with E-state index in [0.717, 1.165) is 0 Å². The lowest BCUT2D eigenvalue weighted by Crippen LogP contribution is -2.15. The van der Waals surface area contributed by atoms with Crippen molar-refractivity contribution >= 4 is 17.3 Å². The highest BCUT2D eigenvalue weighted by Crippen LogP contribution is 2.21. The van der Waals surface area contributed by atoms with E-state index in [2.05, 4.69) is 10.4 Å². The second-order valence-corrected chi connectivity index (χ2v) is 5.68. The molecule has 0 saturated heterocycles. The summed E-state index contributed by atoms with van der Waals surface area (Å²) >= 11 is 0. The molecular weight excluding hydrogens is 355 g/mol. The number of rotatable bonds is 6. The van der Waals surface area contributed by atoms with Crippen LogP contribution in [0.4, 0.5) is 15.8 Å². The van der Waals surface area contributed by atoms with Crippen LogP contribution in [0.25, 0.3) is 0 Å². The number of non-ortho nitro benzene ring substituents is 1. The number of nitrogens with one attached hydrogen (secondary N) is 1. The van der Waals surface area contributed by atoms with E-state index in [1.165, 1.54) is 53.2 Å². The van der Waals surface area contributed by atoms with Gasteiger partial charge < -0.3 is 10.1 Å². The summed E-state index contributed by atoms with van der Waals surface area (Å²) in [4.78, 5) is 22.6. The van der Waals surface area contributed by atoms with Crippen LogP contribution in [0.3, 0.4) is 0 Å². The van der Waals surface area contributed by atoms with E-state index in [-0.39, 0.29) is 23.9 Å². The quantitative estimate of drug-likeness (QED) is 0.529. The number of carbonyl (C=O) groups is 1. The van der Waals surface area contributed by atoms with Crippen LogP contribution in [-0.4, -0.2) is 20.6 Å². The first kappa shape index (κ1) is 18.1. The first-order chi connectivity index (χ1) is 12.9. The standard InChI is InChI=1S/C18H15FN4O4/c1-12-10-14(23(25)26)4-7-16(12)20-18(24)17-8-9-22(21-17)11-27-15-5-2-13(19)3-6-15/h2-10H,11H2,1H3,(H,20,24). The van der Waals surface area contributed by atoms with Crippen molar-refractivity contribution in [2.45, 2.75) is 13.7 Å². The average molecular weight is 370 g/mol. The molecule has 27 heavy (non-hydrogen) atoms. The monoisotopic (exact) mass is 370 g/mol. The number of hydrogen-bond donors (Lipinski definition) is 1. The first-order valence-electron chi connectivity index (χ1n) is 7.90. The van der Waals surface area contributed by atoms with Crippen LogP contribution in [0, 0.1) is 22.9 Å². The topological polar surface area (TPSA) is 99.3 Å². The van der Waals surface area contributed by atoms with Gasteiger partial charge in [0.2, 0.25) is 0 Å². The number of halogens is 1. The fourth-order valence-corrected chi connectivity index (χ4v) is 2.31. The molecule has 0 aliphatic heterocycles. The van der Waals surface area contributed by atoms with Crippen LogP contribution in [0.15, 0.2) is 54.7 Å². The van der Waals surface area contributed by atoms with Gasteiger partial charge in [0.1, 0.15) is 11.6 Å². The molecule has 1 aromatic heterocycles. The SMILES string of the molecule is Cc1cc([N+](=O)[O-])ccc1NC(=O)c1ccn(COc2ccc(F)cc2)n1. The summed E-state index contributed by atoms with van der Waals surface area (Å²) in [7, 11) is 0. The number of anilines is 1. The zero-order chi connectivity index (χ0) is 19.4. The highest BCUT2D eigenvalue weighted by molar-refractivity contribution is 6.03. The minimum atomic E-state index is -0.499. The lowest BCUT2D eigenvalue weighted by molar-refractivity contribution is -0.384. The van der Waals surface area contributed by atoms with Crippen LogP contribution >= 0.6 is 0 Å². The van der Waals surface area contributed by atoms with E-state index in [4.69, 9.17) is 4.74 Å². The van der Waals surface area contributed by atoms with Gasteiger partial charge in [-0.05, 0) is 48.9 Å². The molecule has 1 heterocycles. The molecule has 0 aliphatic carbocycles. The van der Waals surface area contributed by atoms with Gasteiger partial charge in [0, 0.05) is 24.0 Å². The summed E-state index contributed by atoms with van der Waals surface area (Å²) in [6.07, 6.45) is 1.57. The molecule has 0 spiro atoms. The van der Waals surface area contributed by atoms with E-state index in [9.17, 15) is 19.3 Å². The Bertz CT molecular complexity index is 985. The Hall–Kier alpha value is -3.75. The lowest BCUT2D eigenvalue weighted by Gasteiger charge is -2.07. The maximum atomic E-state index is 12.9. The number of carbonyl (C=O) groups excluding carboxylic acids is 1. The Morgan fingerprint density at radius 2 is 2.00 bits per heavy atom. The zero-order valence-electron chi connectivity index (χ0n) is 14.3. The molecule has 0 aliphatic rings. The molecule has 3 rings (SSSR count). The average Bonchev–Trinajstić information content (AvgIpc) is 3.12. The molecule has 138 valence electrons. The predicted octanol–water partition coefficient (Wildman–Crippen LogP) is 3.53. The van der Waals surface area contributed by atoms with Gasteiger partial charge in [-0.15, -0.1) is 0 Å². The minimum absolute atomic E-state index is 0.0484. The van der Waals surface area contributed by atoms with Crippen LogP contribution in [0.2, 0.25) is 0 Å². The van der Waals surface area contributed by atoms with Crippen molar-refractivity contribution in [2.24, 2.45) is 0 Å². The van der Waals surface area contributed by atoms with Gasteiger partial charge in [-0.2, -0.15) is 5.10 Å². The number of aryl methyl sites for hydroxylation is 1. The number of aromatic nitrogens is 2. The number of benzene rings is 2. The maximum absolute atomic E-state index is 12.9. The van der Waals surface area contributed by atoms with E-state index in [1.54, 1.807) is 13.1 Å². The second-order valence-electron chi connectivity index (χ2n) is 5.68. The Labute approximate surface area is 153 Å². The van der Waals surface area contributed by atoms with Crippen molar-refractivity contribution in [1.82, 2.24) is 9.78 Å². The number of hydrogen-bond acceptors (Lipinski definition) is 5. The van der Waals surface area contributed by atoms with Crippen LogP contribution in [0.5, 0.6) is 5.75 Å². The van der Waals surface area contributed by atoms with Gasteiger partial charge in [-0.25, -0.2) is 9.07 Å². The molecule has 9 heteroatoms. The molecule has 0 bridgehead atoms. The van der Waals surface area contributed by atoms with E-state index >= 15 is 0 Å².